The zero-order valence-electron chi connectivity index (χ0n) is 15.5. The number of amides is 1. The van der Waals surface area contributed by atoms with Crippen molar-refractivity contribution in [2.75, 3.05) is 21.3 Å². The molecule has 2 aromatic carbocycles. The normalized spacial score (nSPS) is 15.3. The van der Waals surface area contributed by atoms with Gasteiger partial charge in [0.15, 0.2) is 11.5 Å². The minimum absolute atomic E-state index is 0.118. The zero-order chi connectivity index (χ0) is 20.3. The van der Waals surface area contributed by atoms with Crippen molar-refractivity contribution in [3.63, 3.8) is 0 Å². The molecule has 0 aromatic heterocycles. The van der Waals surface area contributed by atoms with Gasteiger partial charge in [-0.15, -0.1) is 0 Å². The van der Waals surface area contributed by atoms with Gasteiger partial charge in [-0.25, -0.2) is 0 Å². The molecular formula is C20H18BrNO4S2. The fourth-order valence-electron chi connectivity index (χ4n) is 2.67. The third kappa shape index (κ3) is 4.34. The third-order valence-electron chi connectivity index (χ3n) is 4.16. The molecule has 0 atom stereocenters. The van der Waals surface area contributed by atoms with Crippen molar-refractivity contribution < 1.29 is 19.0 Å². The van der Waals surface area contributed by atoms with Crippen LogP contribution in [0.15, 0.2) is 45.8 Å². The SMILES string of the molecule is COc1ccc(CN2C(=O)/C(=C/c3cc(OC)c(OC)cc3Br)SC2=S)cc1. The Balaban J connectivity index is 1.84. The Bertz CT molecular complexity index is 944. The highest BCUT2D eigenvalue weighted by molar-refractivity contribution is 9.10. The molecule has 1 aliphatic rings. The molecule has 3 rings (SSSR count). The molecule has 0 bridgehead atoms. The molecule has 146 valence electrons. The van der Waals surface area contributed by atoms with Gasteiger partial charge in [0.05, 0.1) is 32.8 Å². The van der Waals surface area contributed by atoms with Crippen LogP contribution in [0.4, 0.5) is 0 Å². The minimum atomic E-state index is -0.118. The number of hydrogen-bond acceptors (Lipinski definition) is 6. The maximum absolute atomic E-state index is 12.9. The largest absolute Gasteiger partial charge is 0.497 e. The lowest BCUT2D eigenvalue weighted by Gasteiger charge is -2.14. The topological polar surface area (TPSA) is 48.0 Å². The molecule has 1 aliphatic heterocycles. The number of thiocarbonyl (C=S) groups is 1. The van der Waals surface area contributed by atoms with Crippen LogP contribution in [0.5, 0.6) is 17.2 Å². The first kappa shape index (κ1) is 20.7. The standard InChI is InChI=1S/C20H18BrNO4S2/c1-24-14-6-4-12(5-7-14)11-22-19(23)18(28-20(22)27)9-13-8-16(25-2)17(26-3)10-15(13)21/h4-10H,11H2,1-3H3/b18-9-. The van der Waals surface area contributed by atoms with Gasteiger partial charge in [-0.2, -0.15) is 0 Å². The number of carbonyl (C=O) groups excluding carboxylic acids is 1. The van der Waals surface area contributed by atoms with E-state index in [1.165, 1.54) is 11.8 Å². The highest BCUT2D eigenvalue weighted by Gasteiger charge is 2.32. The van der Waals surface area contributed by atoms with Crippen LogP contribution in [0.1, 0.15) is 11.1 Å². The minimum Gasteiger partial charge on any atom is -0.497 e. The summed E-state index contributed by atoms with van der Waals surface area (Å²) in [7, 11) is 4.77. The Morgan fingerprint density at radius 2 is 1.71 bits per heavy atom. The van der Waals surface area contributed by atoms with Crippen molar-refractivity contribution in [2.24, 2.45) is 0 Å². The summed E-state index contributed by atoms with van der Waals surface area (Å²) >= 11 is 10.2. The molecule has 0 spiro atoms. The first-order chi connectivity index (χ1) is 13.5. The number of nitrogens with zero attached hydrogens (tertiary/aromatic N) is 1. The van der Waals surface area contributed by atoms with Crippen LogP contribution in [0.2, 0.25) is 0 Å². The van der Waals surface area contributed by atoms with Crippen LogP contribution in [-0.4, -0.2) is 36.5 Å². The number of ether oxygens (including phenoxy) is 3. The average Bonchev–Trinajstić information content (AvgIpc) is 2.97. The fraction of sp³-hybridized carbons (Fsp3) is 0.200. The van der Waals surface area contributed by atoms with E-state index in [1.54, 1.807) is 32.3 Å². The predicted octanol–water partition coefficient (Wildman–Crippen LogP) is 4.88. The van der Waals surface area contributed by atoms with Gasteiger partial charge in [0.2, 0.25) is 0 Å². The number of hydrogen-bond donors (Lipinski definition) is 0. The van der Waals surface area contributed by atoms with E-state index in [1.807, 2.05) is 36.4 Å². The maximum Gasteiger partial charge on any atom is 0.266 e. The Morgan fingerprint density at radius 3 is 2.32 bits per heavy atom. The molecule has 28 heavy (non-hydrogen) atoms. The number of halogens is 1. The van der Waals surface area contributed by atoms with E-state index in [-0.39, 0.29) is 5.91 Å². The molecule has 2 aromatic rings. The lowest BCUT2D eigenvalue weighted by atomic mass is 10.1. The molecule has 5 nitrogen and oxygen atoms in total. The summed E-state index contributed by atoms with van der Waals surface area (Å²) in [5.41, 5.74) is 1.79. The van der Waals surface area contributed by atoms with Crippen LogP contribution < -0.4 is 14.2 Å². The second-order valence-corrected chi connectivity index (χ2v) is 8.37. The molecule has 0 saturated carbocycles. The molecule has 1 saturated heterocycles. The molecule has 0 radical (unpaired) electrons. The monoisotopic (exact) mass is 479 g/mol. The Morgan fingerprint density at radius 1 is 1.07 bits per heavy atom. The van der Waals surface area contributed by atoms with Crippen LogP contribution >= 0.6 is 39.9 Å². The lowest BCUT2D eigenvalue weighted by molar-refractivity contribution is -0.122. The fourth-order valence-corrected chi connectivity index (χ4v) is 4.35. The van der Waals surface area contributed by atoms with Gasteiger partial charge < -0.3 is 14.2 Å². The van der Waals surface area contributed by atoms with E-state index in [2.05, 4.69) is 15.9 Å². The molecule has 1 heterocycles. The smallest absolute Gasteiger partial charge is 0.266 e. The molecule has 0 aliphatic carbocycles. The summed E-state index contributed by atoms with van der Waals surface area (Å²) in [6, 6.07) is 11.2. The van der Waals surface area contributed by atoms with E-state index < -0.39 is 0 Å². The van der Waals surface area contributed by atoms with E-state index in [0.717, 1.165) is 21.3 Å². The van der Waals surface area contributed by atoms with Crippen LogP contribution in [0.3, 0.4) is 0 Å². The number of rotatable bonds is 6. The second-order valence-electron chi connectivity index (χ2n) is 5.84. The summed E-state index contributed by atoms with van der Waals surface area (Å²) in [4.78, 5) is 15.1. The van der Waals surface area contributed by atoms with Crippen molar-refractivity contribution >= 4 is 56.2 Å². The zero-order valence-corrected chi connectivity index (χ0v) is 18.7. The molecular weight excluding hydrogens is 462 g/mol. The summed E-state index contributed by atoms with van der Waals surface area (Å²) in [6.07, 6.45) is 1.80. The van der Waals surface area contributed by atoms with Crippen molar-refractivity contribution in [3.8, 4) is 17.2 Å². The van der Waals surface area contributed by atoms with E-state index in [0.29, 0.717) is 27.3 Å². The van der Waals surface area contributed by atoms with Gasteiger partial charge in [-0.1, -0.05) is 52.0 Å². The number of thioether (sulfide) groups is 1. The van der Waals surface area contributed by atoms with Crippen LogP contribution in [-0.2, 0) is 11.3 Å². The van der Waals surface area contributed by atoms with Crippen molar-refractivity contribution in [1.29, 1.82) is 0 Å². The molecule has 0 unspecified atom stereocenters. The quantitative estimate of drug-likeness (QED) is 0.434. The molecule has 0 N–H and O–H groups in total. The highest BCUT2D eigenvalue weighted by atomic mass is 79.9. The van der Waals surface area contributed by atoms with Gasteiger partial charge in [0, 0.05) is 4.47 Å². The number of methoxy groups -OCH3 is 3. The number of carbonyl (C=O) groups is 1. The summed E-state index contributed by atoms with van der Waals surface area (Å²) in [5.74, 6) is 1.85. The number of benzene rings is 2. The summed E-state index contributed by atoms with van der Waals surface area (Å²) in [5, 5.41) is 0. The van der Waals surface area contributed by atoms with Gasteiger partial charge in [-0.3, -0.25) is 9.69 Å². The molecule has 1 amide bonds. The Kier molecular flexibility index (Phi) is 6.64. The van der Waals surface area contributed by atoms with E-state index in [9.17, 15) is 4.79 Å². The Labute approximate surface area is 181 Å². The lowest BCUT2D eigenvalue weighted by Crippen LogP contribution is -2.27. The van der Waals surface area contributed by atoms with Crippen molar-refractivity contribution in [2.45, 2.75) is 6.54 Å². The predicted molar refractivity (Wildman–Crippen MR) is 119 cm³/mol. The molecule has 8 heteroatoms. The van der Waals surface area contributed by atoms with Crippen molar-refractivity contribution in [1.82, 2.24) is 4.90 Å². The maximum atomic E-state index is 12.9. The van der Waals surface area contributed by atoms with E-state index >= 15 is 0 Å². The van der Waals surface area contributed by atoms with Gasteiger partial charge in [0.25, 0.3) is 5.91 Å². The van der Waals surface area contributed by atoms with Gasteiger partial charge in [-0.05, 0) is 41.5 Å². The van der Waals surface area contributed by atoms with Gasteiger partial charge >= 0.3 is 0 Å². The van der Waals surface area contributed by atoms with Crippen molar-refractivity contribution in [3.05, 3.63) is 56.9 Å². The summed E-state index contributed by atoms with van der Waals surface area (Å²) < 4.78 is 17.1. The first-order valence-corrected chi connectivity index (χ1v) is 10.3. The van der Waals surface area contributed by atoms with Gasteiger partial charge in [0.1, 0.15) is 10.1 Å². The summed E-state index contributed by atoms with van der Waals surface area (Å²) in [6.45, 7) is 0.416. The third-order valence-corrected chi connectivity index (χ3v) is 6.23. The van der Waals surface area contributed by atoms with E-state index in [4.69, 9.17) is 26.4 Å². The first-order valence-electron chi connectivity index (χ1n) is 8.26. The Hall–Kier alpha value is -2.03. The average molecular weight is 480 g/mol. The van der Waals surface area contributed by atoms with Crippen LogP contribution in [0, 0.1) is 0 Å². The molecule has 1 fully saturated rings. The second kappa shape index (κ2) is 8.98. The van der Waals surface area contributed by atoms with Crippen LogP contribution in [0.25, 0.3) is 6.08 Å². The highest BCUT2D eigenvalue weighted by Crippen LogP contribution is 2.38.